The molecule has 0 saturated heterocycles. The van der Waals surface area contributed by atoms with Crippen LogP contribution in [0.15, 0.2) is 42.6 Å². The SMILES string of the molecule is C=C(Cc1ncc(C(=O)NCC2CCC(C(=O)O)CC2)cc1Cl)[C@H](C)c1cc(Cl)ccc1OC. The summed E-state index contributed by atoms with van der Waals surface area (Å²) in [6, 6.07) is 7.10. The Morgan fingerprint density at radius 2 is 1.94 bits per heavy atom. The van der Waals surface area contributed by atoms with E-state index < -0.39 is 5.97 Å². The van der Waals surface area contributed by atoms with Gasteiger partial charge in [0, 0.05) is 35.7 Å². The number of benzene rings is 1. The van der Waals surface area contributed by atoms with Crippen LogP contribution in [0, 0.1) is 11.8 Å². The fourth-order valence-electron chi connectivity index (χ4n) is 4.30. The molecule has 0 spiro atoms. The molecule has 1 atom stereocenters. The smallest absolute Gasteiger partial charge is 0.306 e. The average molecular weight is 505 g/mol. The number of nitrogens with one attached hydrogen (secondary N) is 1. The van der Waals surface area contributed by atoms with Crippen LogP contribution in [0.25, 0.3) is 0 Å². The number of carbonyl (C=O) groups is 2. The standard InChI is InChI=1S/C26H30Cl2N2O4/c1-15(16(2)21-12-20(27)8-9-24(21)34-3)10-23-22(28)11-19(14-29-23)25(31)30-13-17-4-6-18(7-5-17)26(32)33/h8-9,11-12,14,16-18H,1,4-7,10,13H2,2-3H3,(H,30,31)(H,32,33)/t16-,17?,18?/m0/s1. The Labute approximate surface area is 210 Å². The summed E-state index contributed by atoms with van der Waals surface area (Å²) in [5.41, 5.74) is 2.86. The maximum Gasteiger partial charge on any atom is 0.306 e. The summed E-state index contributed by atoms with van der Waals surface area (Å²) in [6.07, 6.45) is 4.88. The van der Waals surface area contributed by atoms with Crippen molar-refractivity contribution in [3.8, 4) is 5.75 Å². The number of hydrogen-bond acceptors (Lipinski definition) is 4. The highest BCUT2D eigenvalue weighted by Crippen LogP contribution is 2.35. The number of rotatable bonds is 9. The second-order valence-electron chi connectivity index (χ2n) is 8.86. The highest BCUT2D eigenvalue weighted by molar-refractivity contribution is 6.31. The third-order valence-electron chi connectivity index (χ3n) is 6.59. The Bertz CT molecular complexity index is 1060. The molecule has 1 heterocycles. The van der Waals surface area contributed by atoms with E-state index >= 15 is 0 Å². The Kier molecular flexibility index (Phi) is 8.97. The minimum Gasteiger partial charge on any atom is -0.496 e. The summed E-state index contributed by atoms with van der Waals surface area (Å²) in [4.78, 5) is 28.1. The van der Waals surface area contributed by atoms with Crippen molar-refractivity contribution < 1.29 is 19.4 Å². The molecule has 1 fully saturated rings. The molecular formula is C26H30Cl2N2O4. The number of halogens is 2. The van der Waals surface area contributed by atoms with E-state index in [1.165, 1.54) is 6.20 Å². The molecule has 182 valence electrons. The lowest BCUT2D eigenvalue weighted by Crippen LogP contribution is -2.32. The zero-order valence-electron chi connectivity index (χ0n) is 19.4. The molecule has 0 radical (unpaired) electrons. The lowest BCUT2D eigenvalue weighted by Gasteiger charge is -2.26. The van der Waals surface area contributed by atoms with E-state index in [1.54, 1.807) is 19.2 Å². The van der Waals surface area contributed by atoms with E-state index in [9.17, 15) is 9.59 Å². The summed E-state index contributed by atoms with van der Waals surface area (Å²) >= 11 is 12.6. The highest BCUT2D eigenvalue weighted by Gasteiger charge is 2.26. The molecule has 1 aliphatic carbocycles. The van der Waals surface area contributed by atoms with Crippen LogP contribution in [0.4, 0.5) is 0 Å². The fourth-order valence-corrected chi connectivity index (χ4v) is 4.72. The third-order valence-corrected chi connectivity index (χ3v) is 7.15. The molecule has 0 unspecified atom stereocenters. The van der Waals surface area contributed by atoms with Crippen molar-refractivity contribution in [1.29, 1.82) is 0 Å². The zero-order chi connectivity index (χ0) is 24.8. The first-order valence-corrected chi connectivity index (χ1v) is 12.1. The maximum absolute atomic E-state index is 12.6. The Morgan fingerprint density at radius 1 is 1.24 bits per heavy atom. The Balaban J connectivity index is 1.58. The van der Waals surface area contributed by atoms with Gasteiger partial charge in [-0.1, -0.05) is 42.3 Å². The number of carboxylic acid groups (broad SMARTS) is 1. The number of pyridine rings is 1. The number of amides is 1. The van der Waals surface area contributed by atoms with E-state index in [4.69, 9.17) is 33.0 Å². The van der Waals surface area contributed by atoms with E-state index in [0.29, 0.717) is 47.1 Å². The quantitative estimate of drug-likeness (QED) is 0.413. The van der Waals surface area contributed by atoms with Crippen molar-refractivity contribution in [3.63, 3.8) is 0 Å². The lowest BCUT2D eigenvalue weighted by atomic mass is 9.82. The number of carbonyl (C=O) groups excluding carboxylic acids is 1. The van der Waals surface area contributed by atoms with Gasteiger partial charge < -0.3 is 15.2 Å². The van der Waals surface area contributed by atoms with Crippen LogP contribution in [0.5, 0.6) is 5.75 Å². The van der Waals surface area contributed by atoms with Gasteiger partial charge in [-0.2, -0.15) is 0 Å². The van der Waals surface area contributed by atoms with Gasteiger partial charge in [-0.15, -0.1) is 0 Å². The van der Waals surface area contributed by atoms with Crippen LogP contribution < -0.4 is 10.1 Å². The Hall–Kier alpha value is -2.57. The summed E-state index contributed by atoms with van der Waals surface area (Å²) < 4.78 is 5.46. The molecule has 0 aliphatic heterocycles. The van der Waals surface area contributed by atoms with Crippen molar-refractivity contribution in [2.45, 2.75) is 44.9 Å². The van der Waals surface area contributed by atoms with Crippen molar-refractivity contribution in [1.82, 2.24) is 10.3 Å². The van der Waals surface area contributed by atoms with Gasteiger partial charge in [0.1, 0.15) is 5.75 Å². The van der Waals surface area contributed by atoms with Crippen LogP contribution in [0.2, 0.25) is 10.0 Å². The van der Waals surface area contributed by atoms with Crippen LogP contribution in [-0.2, 0) is 11.2 Å². The molecule has 8 heteroatoms. The number of methoxy groups -OCH3 is 1. The van der Waals surface area contributed by atoms with Crippen LogP contribution in [0.1, 0.15) is 60.1 Å². The minimum absolute atomic E-state index is 0.0364. The molecule has 1 amide bonds. The molecule has 1 saturated carbocycles. The molecule has 2 N–H and O–H groups in total. The summed E-state index contributed by atoms with van der Waals surface area (Å²) in [6.45, 7) is 6.75. The first-order valence-electron chi connectivity index (χ1n) is 11.4. The normalized spacial score (nSPS) is 18.7. The first kappa shape index (κ1) is 26.0. The summed E-state index contributed by atoms with van der Waals surface area (Å²) in [7, 11) is 1.62. The average Bonchev–Trinajstić information content (AvgIpc) is 2.83. The zero-order valence-corrected chi connectivity index (χ0v) is 21.0. The van der Waals surface area contributed by atoms with Gasteiger partial charge in [0.2, 0.25) is 0 Å². The number of allylic oxidation sites excluding steroid dienone is 1. The van der Waals surface area contributed by atoms with Gasteiger partial charge in [0.05, 0.1) is 29.3 Å². The molecule has 1 aliphatic rings. The van der Waals surface area contributed by atoms with E-state index in [2.05, 4.69) is 16.9 Å². The fraction of sp³-hybridized carbons (Fsp3) is 0.423. The topological polar surface area (TPSA) is 88.5 Å². The monoisotopic (exact) mass is 504 g/mol. The van der Waals surface area contributed by atoms with Gasteiger partial charge >= 0.3 is 5.97 Å². The van der Waals surface area contributed by atoms with Crippen molar-refractivity contribution in [2.75, 3.05) is 13.7 Å². The van der Waals surface area contributed by atoms with E-state index in [0.717, 1.165) is 29.7 Å². The molecule has 1 aromatic heterocycles. The molecule has 0 bridgehead atoms. The number of hydrogen-bond donors (Lipinski definition) is 2. The van der Waals surface area contributed by atoms with Crippen LogP contribution in [-0.4, -0.2) is 35.6 Å². The van der Waals surface area contributed by atoms with Gasteiger partial charge in [-0.3, -0.25) is 14.6 Å². The third kappa shape index (κ3) is 6.51. The van der Waals surface area contributed by atoms with Crippen molar-refractivity contribution in [2.24, 2.45) is 11.8 Å². The second kappa shape index (κ2) is 11.7. The van der Waals surface area contributed by atoms with Gasteiger partial charge in [-0.25, -0.2) is 0 Å². The predicted octanol–water partition coefficient (Wildman–Crippen LogP) is 5.92. The molecular weight excluding hydrogens is 475 g/mol. The Morgan fingerprint density at radius 3 is 2.56 bits per heavy atom. The molecule has 1 aromatic carbocycles. The number of aliphatic carboxylic acids is 1. The summed E-state index contributed by atoms with van der Waals surface area (Å²) in [5, 5.41) is 13.1. The predicted molar refractivity (Wildman–Crippen MR) is 134 cm³/mol. The minimum atomic E-state index is -0.730. The number of ether oxygens (including phenoxy) is 1. The second-order valence-corrected chi connectivity index (χ2v) is 9.71. The lowest BCUT2D eigenvalue weighted by molar-refractivity contribution is -0.143. The molecule has 6 nitrogen and oxygen atoms in total. The van der Waals surface area contributed by atoms with Crippen LogP contribution >= 0.6 is 23.2 Å². The largest absolute Gasteiger partial charge is 0.496 e. The maximum atomic E-state index is 12.6. The van der Waals surface area contributed by atoms with Crippen molar-refractivity contribution in [3.05, 3.63) is 69.5 Å². The molecule has 3 rings (SSSR count). The van der Waals surface area contributed by atoms with Crippen molar-refractivity contribution >= 4 is 35.1 Å². The number of carboxylic acids is 1. The molecule has 2 aromatic rings. The van der Waals surface area contributed by atoms with E-state index in [1.807, 2.05) is 19.1 Å². The van der Waals surface area contributed by atoms with Gasteiger partial charge in [0.15, 0.2) is 0 Å². The summed E-state index contributed by atoms with van der Waals surface area (Å²) in [5.74, 6) is -0.244. The van der Waals surface area contributed by atoms with E-state index in [-0.39, 0.29) is 23.7 Å². The number of nitrogens with zero attached hydrogens (tertiary/aromatic N) is 1. The molecule has 34 heavy (non-hydrogen) atoms. The first-order chi connectivity index (χ1) is 16.2. The van der Waals surface area contributed by atoms with Gasteiger partial charge in [0.25, 0.3) is 5.91 Å². The van der Waals surface area contributed by atoms with Crippen LogP contribution in [0.3, 0.4) is 0 Å². The highest BCUT2D eigenvalue weighted by atomic mass is 35.5. The number of aromatic nitrogens is 1. The van der Waals surface area contributed by atoms with Gasteiger partial charge in [-0.05, 0) is 55.9 Å².